The van der Waals surface area contributed by atoms with Crippen LogP contribution >= 0.6 is 0 Å². The molecule has 0 spiro atoms. The first kappa shape index (κ1) is 20.2. The second-order valence-electron chi connectivity index (χ2n) is 8.62. The molecule has 1 fully saturated rings. The number of fused-ring (bicyclic) bond motifs is 1. The molecule has 4 heteroatoms. The van der Waals surface area contributed by atoms with Crippen LogP contribution in [0, 0.1) is 0 Å². The number of hydrogen-bond acceptors (Lipinski definition) is 4. The molecule has 0 unspecified atom stereocenters. The number of rotatable bonds is 5. The summed E-state index contributed by atoms with van der Waals surface area (Å²) in [7, 11) is 1.75. The number of hydrogen-bond donors (Lipinski definition) is 1. The molecule has 4 nitrogen and oxygen atoms in total. The van der Waals surface area contributed by atoms with E-state index in [-0.39, 0.29) is 0 Å². The van der Waals surface area contributed by atoms with Gasteiger partial charge in [0.25, 0.3) is 0 Å². The van der Waals surface area contributed by atoms with Crippen molar-refractivity contribution in [3.63, 3.8) is 0 Å². The van der Waals surface area contributed by atoms with Crippen LogP contribution in [-0.4, -0.2) is 38.3 Å². The van der Waals surface area contributed by atoms with Crippen molar-refractivity contribution in [2.24, 2.45) is 0 Å². The Hall–Kier alpha value is -2.04. The summed E-state index contributed by atoms with van der Waals surface area (Å²) in [6.45, 7) is 9.41. The molecular weight excluding hydrogens is 360 g/mol. The van der Waals surface area contributed by atoms with Crippen LogP contribution in [0.5, 0.6) is 11.5 Å². The number of piperazine rings is 1. The number of methoxy groups -OCH3 is 1. The van der Waals surface area contributed by atoms with Crippen LogP contribution in [0.1, 0.15) is 60.9 Å². The molecule has 2 aliphatic heterocycles. The molecule has 2 aliphatic rings. The van der Waals surface area contributed by atoms with Crippen LogP contribution in [0.4, 0.5) is 0 Å². The minimum Gasteiger partial charge on any atom is -0.493 e. The van der Waals surface area contributed by atoms with E-state index in [4.69, 9.17) is 9.47 Å². The maximum absolute atomic E-state index is 5.98. The summed E-state index contributed by atoms with van der Waals surface area (Å²) in [6.07, 6.45) is 3.37. The van der Waals surface area contributed by atoms with Gasteiger partial charge in [0, 0.05) is 32.2 Å². The lowest BCUT2D eigenvalue weighted by Crippen LogP contribution is -2.45. The molecule has 0 saturated carbocycles. The van der Waals surface area contributed by atoms with Crippen molar-refractivity contribution in [1.82, 2.24) is 10.2 Å². The summed E-state index contributed by atoms with van der Waals surface area (Å²) in [5.41, 5.74) is 5.52. The van der Waals surface area contributed by atoms with Crippen LogP contribution in [0.3, 0.4) is 0 Å². The van der Waals surface area contributed by atoms with Gasteiger partial charge in [-0.05, 0) is 53.5 Å². The van der Waals surface area contributed by atoms with Gasteiger partial charge in [-0.25, -0.2) is 0 Å². The molecule has 0 aliphatic carbocycles. The quantitative estimate of drug-likeness (QED) is 0.798. The summed E-state index contributed by atoms with van der Waals surface area (Å²) in [4.78, 5) is 2.57. The highest BCUT2D eigenvalue weighted by Gasteiger charge is 2.24. The monoisotopic (exact) mass is 394 g/mol. The lowest BCUT2D eigenvalue weighted by atomic mass is 9.91. The predicted molar refractivity (Wildman–Crippen MR) is 118 cm³/mol. The van der Waals surface area contributed by atoms with Crippen molar-refractivity contribution in [1.29, 1.82) is 0 Å². The SMILES string of the molecule is COc1cc(CN2CCN[C@H](c3ccccc3C(C)C)C2)cc2c1OCCCC2. The highest BCUT2D eigenvalue weighted by molar-refractivity contribution is 5.50. The molecule has 0 radical (unpaired) electrons. The van der Waals surface area contributed by atoms with Crippen LogP contribution < -0.4 is 14.8 Å². The van der Waals surface area contributed by atoms with E-state index in [9.17, 15) is 0 Å². The standard InChI is InChI=1S/C25H34N2O2/c1-18(2)21-9-4-5-10-22(21)23-17-27(12-11-26-23)16-19-14-20-8-6-7-13-29-25(20)24(15-19)28-3/h4-5,9-10,14-15,18,23,26H,6-8,11-13,16-17H2,1-3H3/t23-/m0/s1. The molecule has 4 rings (SSSR count). The first-order chi connectivity index (χ1) is 14.2. The van der Waals surface area contributed by atoms with E-state index < -0.39 is 0 Å². The summed E-state index contributed by atoms with van der Waals surface area (Å²) in [5, 5.41) is 3.74. The molecular formula is C25H34N2O2. The second-order valence-corrected chi connectivity index (χ2v) is 8.62. The van der Waals surface area contributed by atoms with Crippen LogP contribution in [0.25, 0.3) is 0 Å². The Kier molecular flexibility index (Phi) is 6.41. The van der Waals surface area contributed by atoms with Crippen molar-refractivity contribution in [2.75, 3.05) is 33.4 Å². The van der Waals surface area contributed by atoms with Crippen LogP contribution in [-0.2, 0) is 13.0 Å². The van der Waals surface area contributed by atoms with Gasteiger partial charge in [0.2, 0.25) is 0 Å². The van der Waals surface area contributed by atoms with Crippen molar-refractivity contribution in [3.8, 4) is 11.5 Å². The summed E-state index contributed by atoms with van der Waals surface area (Å²) in [5.74, 6) is 2.38. The van der Waals surface area contributed by atoms with E-state index in [1.54, 1.807) is 7.11 Å². The lowest BCUT2D eigenvalue weighted by molar-refractivity contribution is 0.192. The third kappa shape index (κ3) is 4.59. The molecule has 29 heavy (non-hydrogen) atoms. The summed E-state index contributed by atoms with van der Waals surface area (Å²) in [6, 6.07) is 13.8. The van der Waals surface area contributed by atoms with E-state index in [0.717, 1.165) is 57.1 Å². The Morgan fingerprint density at radius 1 is 1.21 bits per heavy atom. The average Bonchev–Trinajstić information content (AvgIpc) is 2.99. The zero-order valence-corrected chi connectivity index (χ0v) is 18.0. The summed E-state index contributed by atoms with van der Waals surface area (Å²) >= 11 is 0. The van der Waals surface area contributed by atoms with Crippen LogP contribution in [0.15, 0.2) is 36.4 Å². The molecule has 0 amide bonds. The van der Waals surface area contributed by atoms with Gasteiger partial charge in [0.1, 0.15) is 0 Å². The third-order valence-electron chi connectivity index (χ3n) is 6.16. The van der Waals surface area contributed by atoms with Gasteiger partial charge in [-0.2, -0.15) is 0 Å². The number of nitrogens with one attached hydrogen (secondary N) is 1. The normalized spacial score (nSPS) is 20.1. The van der Waals surface area contributed by atoms with E-state index in [2.05, 4.69) is 60.5 Å². The van der Waals surface area contributed by atoms with Crippen LogP contribution in [0.2, 0.25) is 0 Å². The maximum atomic E-state index is 5.98. The first-order valence-corrected chi connectivity index (χ1v) is 11.0. The fourth-order valence-corrected chi connectivity index (χ4v) is 4.68. The second kappa shape index (κ2) is 9.19. The number of nitrogens with zero attached hydrogens (tertiary/aromatic N) is 1. The highest BCUT2D eigenvalue weighted by Crippen LogP contribution is 2.36. The Labute approximate surface area is 175 Å². The maximum Gasteiger partial charge on any atom is 0.164 e. The van der Waals surface area contributed by atoms with Gasteiger partial charge < -0.3 is 14.8 Å². The Morgan fingerprint density at radius 3 is 2.90 bits per heavy atom. The van der Waals surface area contributed by atoms with Gasteiger partial charge in [-0.1, -0.05) is 44.2 Å². The van der Waals surface area contributed by atoms with Gasteiger partial charge in [-0.3, -0.25) is 4.90 Å². The molecule has 1 atom stereocenters. The largest absolute Gasteiger partial charge is 0.493 e. The Bertz CT molecular complexity index is 834. The zero-order chi connectivity index (χ0) is 20.2. The fraction of sp³-hybridized carbons (Fsp3) is 0.520. The van der Waals surface area contributed by atoms with Gasteiger partial charge >= 0.3 is 0 Å². The molecule has 1 N–H and O–H groups in total. The smallest absolute Gasteiger partial charge is 0.164 e. The summed E-state index contributed by atoms with van der Waals surface area (Å²) < 4.78 is 11.7. The van der Waals surface area contributed by atoms with E-state index in [1.807, 2.05) is 0 Å². The van der Waals surface area contributed by atoms with Crippen molar-refractivity contribution in [2.45, 2.75) is 51.6 Å². The van der Waals surface area contributed by atoms with Gasteiger partial charge in [0.05, 0.1) is 13.7 Å². The molecule has 2 aromatic carbocycles. The first-order valence-electron chi connectivity index (χ1n) is 11.0. The van der Waals surface area contributed by atoms with E-state index in [0.29, 0.717) is 12.0 Å². The minimum absolute atomic E-state index is 0.383. The van der Waals surface area contributed by atoms with Crippen molar-refractivity contribution < 1.29 is 9.47 Å². The minimum atomic E-state index is 0.383. The molecule has 0 aromatic heterocycles. The predicted octanol–water partition coefficient (Wildman–Crippen LogP) is 4.68. The van der Waals surface area contributed by atoms with E-state index in [1.165, 1.54) is 28.7 Å². The Morgan fingerprint density at radius 2 is 2.07 bits per heavy atom. The average molecular weight is 395 g/mol. The third-order valence-corrected chi connectivity index (χ3v) is 6.16. The number of ether oxygens (including phenoxy) is 2. The molecule has 2 aromatic rings. The number of aryl methyl sites for hydroxylation is 1. The van der Waals surface area contributed by atoms with Gasteiger partial charge in [-0.15, -0.1) is 0 Å². The van der Waals surface area contributed by atoms with Gasteiger partial charge in [0.15, 0.2) is 11.5 Å². The topological polar surface area (TPSA) is 33.7 Å². The highest BCUT2D eigenvalue weighted by atomic mass is 16.5. The zero-order valence-electron chi connectivity index (χ0n) is 18.0. The van der Waals surface area contributed by atoms with Crippen molar-refractivity contribution >= 4 is 0 Å². The van der Waals surface area contributed by atoms with Crippen molar-refractivity contribution in [3.05, 3.63) is 58.7 Å². The molecule has 156 valence electrons. The fourth-order valence-electron chi connectivity index (χ4n) is 4.68. The lowest BCUT2D eigenvalue weighted by Gasteiger charge is -2.35. The molecule has 2 heterocycles. The van der Waals surface area contributed by atoms with E-state index >= 15 is 0 Å². The molecule has 1 saturated heterocycles. The number of benzene rings is 2. The molecule has 0 bridgehead atoms. The Balaban J connectivity index is 1.52.